The molecule has 0 spiro atoms. The number of hydrogen-bond acceptors (Lipinski definition) is 3. The van der Waals surface area contributed by atoms with E-state index in [0.717, 1.165) is 24.4 Å². The van der Waals surface area contributed by atoms with Gasteiger partial charge in [-0.3, -0.25) is 11.3 Å². The molecule has 1 heterocycles. The number of halogens is 3. The second kappa shape index (κ2) is 6.67. The van der Waals surface area contributed by atoms with E-state index >= 15 is 0 Å². The highest BCUT2D eigenvalue weighted by atomic mass is 127. The Kier molecular flexibility index (Phi) is 5.47. The Morgan fingerprint density at radius 3 is 2.78 bits per heavy atom. The predicted octanol–water partition coefficient (Wildman–Crippen LogP) is 4.52. The van der Waals surface area contributed by atoms with Crippen LogP contribution in [0.5, 0.6) is 0 Å². The molecule has 1 unspecified atom stereocenters. The van der Waals surface area contributed by atoms with Crippen LogP contribution < -0.4 is 11.3 Å². The van der Waals surface area contributed by atoms with Gasteiger partial charge in [-0.1, -0.05) is 11.6 Å². The highest BCUT2D eigenvalue weighted by Gasteiger charge is 2.15. The fraction of sp³-hybridized carbons (Fsp3) is 0.167. The van der Waals surface area contributed by atoms with Gasteiger partial charge >= 0.3 is 0 Å². The van der Waals surface area contributed by atoms with E-state index in [4.69, 9.17) is 17.4 Å². The van der Waals surface area contributed by atoms with Gasteiger partial charge in [0.2, 0.25) is 0 Å². The normalized spacial score (nSPS) is 12.7. The van der Waals surface area contributed by atoms with Crippen molar-refractivity contribution in [3.05, 3.63) is 53.2 Å². The summed E-state index contributed by atoms with van der Waals surface area (Å²) in [6.07, 6.45) is 0.850. The van der Waals surface area contributed by atoms with Gasteiger partial charge in [-0.2, -0.15) is 0 Å². The van der Waals surface area contributed by atoms with Crippen LogP contribution in [0.2, 0.25) is 5.02 Å². The summed E-state index contributed by atoms with van der Waals surface area (Å²) < 4.78 is 2.30. The molecule has 3 N–H and O–H groups in total. The van der Waals surface area contributed by atoms with E-state index in [2.05, 4.69) is 56.1 Å². The summed E-state index contributed by atoms with van der Waals surface area (Å²) >= 11 is 13.5. The summed E-state index contributed by atoms with van der Waals surface area (Å²) in [5.41, 5.74) is 4.01. The third-order valence-corrected chi connectivity index (χ3v) is 5.43. The molecule has 0 aliphatic carbocycles. The fourth-order valence-corrected chi connectivity index (χ4v) is 4.12. The SMILES string of the molecule is NNC(Cc1ccc(Br)s1)c1cc(Cl)ccc1I. The first-order valence-corrected chi connectivity index (χ1v) is 8.32. The number of rotatable bonds is 4. The van der Waals surface area contributed by atoms with Gasteiger partial charge in [-0.25, -0.2) is 0 Å². The molecule has 2 aromatic rings. The number of hydrogen-bond donors (Lipinski definition) is 2. The van der Waals surface area contributed by atoms with Crippen molar-refractivity contribution in [1.29, 1.82) is 0 Å². The smallest absolute Gasteiger partial charge is 0.0701 e. The van der Waals surface area contributed by atoms with Crippen molar-refractivity contribution in [2.24, 2.45) is 5.84 Å². The molecule has 0 bridgehead atoms. The standard InChI is InChI=1S/C12H11BrClIN2S/c13-12-4-2-8(18-12)6-11(17-16)9-5-7(14)1-3-10(9)15/h1-5,11,17H,6,16H2. The van der Waals surface area contributed by atoms with Crippen molar-refractivity contribution < 1.29 is 0 Å². The maximum atomic E-state index is 6.05. The zero-order valence-electron chi connectivity index (χ0n) is 9.29. The van der Waals surface area contributed by atoms with Crippen LogP contribution in [0.4, 0.5) is 0 Å². The molecule has 0 aliphatic heterocycles. The Balaban J connectivity index is 2.25. The Bertz CT molecular complexity index is 547. The third-order valence-electron chi connectivity index (χ3n) is 2.57. The maximum absolute atomic E-state index is 6.05. The molecule has 1 aromatic heterocycles. The van der Waals surface area contributed by atoms with Crippen molar-refractivity contribution in [2.75, 3.05) is 0 Å². The zero-order chi connectivity index (χ0) is 13.1. The van der Waals surface area contributed by atoms with Crippen LogP contribution in [0.1, 0.15) is 16.5 Å². The van der Waals surface area contributed by atoms with Crippen molar-refractivity contribution >= 4 is 61.5 Å². The lowest BCUT2D eigenvalue weighted by Gasteiger charge is -2.17. The Hall–Kier alpha value is 0.340. The van der Waals surface area contributed by atoms with Crippen molar-refractivity contribution in [3.8, 4) is 0 Å². The average molecular weight is 458 g/mol. The number of thiophene rings is 1. The zero-order valence-corrected chi connectivity index (χ0v) is 14.6. The summed E-state index contributed by atoms with van der Waals surface area (Å²) in [6, 6.07) is 10.1. The van der Waals surface area contributed by atoms with E-state index in [-0.39, 0.29) is 6.04 Å². The molecule has 0 amide bonds. The lowest BCUT2D eigenvalue weighted by molar-refractivity contribution is 0.553. The first kappa shape index (κ1) is 14.7. The topological polar surface area (TPSA) is 38.0 Å². The van der Waals surface area contributed by atoms with Crippen molar-refractivity contribution in [3.63, 3.8) is 0 Å². The molecule has 2 nitrogen and oxygen atoms in total. The summed E-state index contributed by atoms with van der Waals surface area (Å²) in [7, 11) is 0. The van der Waals surface area contributed by atoms with E-state index in [9.17, 15) is 0 Å². The molecule has 1 atom stereocenters. The van der Waals surface area contributed by atoms with Gasteiger partial charge in [0.15, 0.2) is 0 Å². The van der Waals surface area contributed by atoms with Crippen LogP contribution in [0.3, 0.4) is 0 Å². The van der Waals surface area contributed by atoms with Gasteiger partial charge in [-0.15, -0.1) is 11.3 Å². The van der Waals surface area contributed by atoms with E-state index in [0.29, 0.717) is 0 Å². The predicted molar refractivity (Wildman–Crippen MR) is 90.0 cm³/mol. The molecule has 0 radical (unpaired) electrons. The molecule has 0 saturated heterocycles. The van der Waals surface area contributed by atoms with Gasteiger partial charge < -0.3 is 0 Å². The summed E-state index contributed by atoms with van der Waals surface area (Å²) in [5, 5.41) is 0.734. The Morgan fingerprint density at radius 1 is 1.39 bits per heavy atom. The number of nitrogens with one attached hydrogen (secondary N) is 1. The van der Waals surface area contributed by atoms with Crippen LogP contribution in [-0.4, -0.2) is 0 Å². The van der Waals surface area contributed by atoms with E-state index in [1.165, 1.54) is 4.88 Å². The van der Waals surface area contributed by atoms with Gasteiger partial charge in [0, 0.05) is 19.9 Å². The first-order valence-electron chi connectivity index (χ1n) is 5.25. The minimum Gasteiger partial charge on any atom is -0.271 e. The van der Waals surface area contributed by atoms with Crippen LogP contribution in [0, 0.1) is 3.57 Å². The van der Waals surface area contributed by atoms with Gasteiger partial charge in [-0.05, 0) is 74.4 Å². The van der Waals surface area contributed by atoms with Gasteiger partial charge in [0.1, 0.15) is 0 Å². The van der Waals surface area contributed by atoms with Crippen LogP contribution >= 0.6 is 61.5 Å². The van der Waals surface area contributed by atoms with Crippen molar-refractivity contribution in [2.45, 2.75) is 12.5 Å². The quantitative estimate of drug-likeness (QED) is 0.403. The molecular formula is C12H11BrClIN2S. The van der Waals surface area contributed by atoms with Crippen molar-refractivity contribution in [1.82, 2.24) is 5.43 Å². The average Bonchev–Trinajstić information content (AvgIpc) is 2.75. The number of nitrogens with two attached hydrogens (primary N) is 1. The van der Waals surface area contributed by atoms with E-state index in [1.807, 2.05) is 18.2 Å². The summed E-state index contributed by atoms with van der Waals surface area (Å²) in [5.74, 6) is 5.67. The molecule has 6 heteroatoms. The Labute approximate surface area is 137 Å². The Morgan fingerprint density at radius 2 is 2.17 bits per heavy atom. The second-order valence-corrected chi connectivity index (χ2v) is 7.94. The largest absolute Gasteiger partial charge is 0.271 e. The number of benzene rings is 1. The van der Waals surface area contributed by atoms with Crippen LogP contribution in [0.15, 0.2) is 34.1 Å². The highest BCUT2D eigenvalue weighted by molar-refractivity contribution is 14.1. The number of hydrazine groups is 1. The molecule has 96 valence electrons. The van der Waals surface area contributed by atoms with E-state index < -0.39 is 0 Å². The monoisotopic (exact) mass is 456 g/mol. The minimum atomic E-state index is 0.0705. The van der Waals surface area contributed by atoms with E-state index in [1.54, 1.807) is 11.3 Å². The van der Waals surface area contributed by atoms with Crippen LogP contribution in [-0.2, 0) is 6.42 Å². The summed E-state index contributed by atoms with van der Waals surface area (Å²) in [6.45, 7) is 0. The fourth-order valence-electron chi connectivity index (χ4n) is 1.70. The molecule has 0 saturated carbocycles. The first-order chi connectivity index (χ1) is 8.60. The minimum absolute atomic E-state index is 0.0705. The lowest BCUT2D eigenvalue weighted by Crippen LogP contribution is -2.30. The molecule has 0 aliphatic rings. The lowest BCUT2D eigenvalue weighted by atomic mass is 10.0. The second-order valence-electron chi connectivity index (χ2n) is 3.80. The maximum Gasteiger partial charge on any atom is 0.0701 e. The highest BCUT2D eigenvalue weighted by Crippen LogP contribution is 2.29. The summed E-state index contributed by atoms with van der Waals surface area (Å²) in [4.78, 5) is 1.28. The molecule has 18 heavy (non-hydrogen) atoms. The third kappa shape index (κ3) is 3.68. The molecule has 0 fully saturated rings. The van der Waals surface area contributed by atoms with Gasteiger partial charge in [0.25, 0.3) is 0 Å². The molecular weight excluding hydrogens is 446 g/mol. The van der Waals surface area contributed by atoms with Crippen LogP contribution in [0.25, 0.3) is 0 Å². The molecule has 2 rings (SSSR count). The van der Waals surface area contributed by atoms with Gasteiger partial charge in [0.05, 0.1) is 9.83 Å². The molecule has 1 aromatic carbocycles.